The highest BCUT2D eigenvalue weighted by molar-refractivity contribution is 5.87. The maximum Gasteiger partial charge on any atom is 0.267 e. The molecule has 0 unspecified atom stereocenters. The SMILES string of the molecule is C=C1CN=C(C(C)C)N1.C=C1CN=C(C(C)C)O1.C=C1N=C(C(C)C)NO1.C=C1N=C(C(C)C)NO1.CC(C)c1c(O)c(=O)c1=O.CC(C)c1ncn[nH]1.Cc1cc(C(C)C)no1.Cc1ccc(C(C)C)c(F)c1O. The molecular weight excluding hydrogens is 962 g/mol. The van der Waals surface area contributed by atoms with Gasteiger partial charge in [0.15, 0.2) is 23.2 Å². The summed E-state index contributed by atoms with van der Waals surface area (Å²) in [5, 5.41) is 31.5. The molecule has 0 spiro atoms. The summed E-state index contributed by atoms with van der Waals surface area (Å²) in [7, 11) is 0. The number of ether oxygens (including phenoxy) is 1. The van der Waals surface area contributed by atoms with Crippen LogP contribution >= 0.6 is 0 Å². The van der Waals surface area contributed by atoms with Gasteiger partial charge in [0.2, 0.25) is 17.2 Å². The number of aromatic hydroxyl groups is 2. The van der Waals surface area contributed by atoms with Gasteiger partial charge in [0.05, 0.1) is 17.8 Å². The average molecular weight is 1050 g/mol. The lowest BCUT2D eigenvalue weighted by atomic mass is 9.98. The van der Waals surface area contributed by atoms with Crippen molar-refractivity contribution in [1.29, 1.82) is 0 Å². The number of phenols is 1. The van der Waals surface area contributed by atoms with Gasteiger partial charge in [0.1, 0.15) is 47.7 Å². The van der Waals surface area contributed by atoms with Crippen molar-refractivity contribution in [3.8, 4) is 11.5 Å². The van der Waals surface area contributed by atoms with Crippen molar-refractivity contribution in [2.45, 2.75) is 148 Å². The Bertz CT molecular complexity index is 2590. The number of hydrogen-bond acceptors (Lipinski definition) is 18. The van der Waals surface area contributed by atoms with Gasteiger partial charge in [0, 0.05) is 41.4 Å². The molecule has 414 valence electrons. The Morgan fingerprint density at radius 1 is 0.640 bits per heavy atom. The van der Waals surface area contributed by atoms with Gasteiger partial charge in [0.25, 0.3) is 5.43 Å². The van der Waals surface area contributed by atoms with Crippen LogP contribution < -0.4 is 27.1 Å². The summed E-state index contributed by atoms with van der Waals surface area (Å²) in [6, 6.07) is 5.41. The maximum atomic E-state index is 13.3. The highest BCUT2D eigenvalue weighted by Crippen LogP contribution is 2.28. The Morgan fingerprint density at radius 3 is 1.43 bits per heavy atom. The molecule has 8 rings (SSSR count). The van der Waals surface area contributed by atoms with E-state index in [0.29, 0.717) is 64.9 Å². The highest BCUT2D eigenvalue weighted by atomic mass is 19.1. The fourth-order valence-electron chi connectivity index (χ4n) is 5.73. The van der Waals surface area contributed by atoms with E-state index in [-0.39, 0.29) is 28.9 Å². The van der Waals surface area contributed by atoms with Crippen molar-refractivity contribution in [3.63, 3.8) is 0 Å². The van der Waals surface area contributed by atoms with Crippen molar-refractivity contribution in [2.24, 2.45) is 43.6 Å². The number of aromatic nitrogens is 4. The number of nitrogens with one attached hydrogen (secondary N) is 4. The molecule has 20 heteroatoms. The first kappa shape index (κ1) is 65.6. The average Bonchev–Trinajstić information content (AvgIpc) is 4.20. The van der Waals surface area contributed by atoms with Crippen LogP contribution in [0.2, 0.25) is 0 Å². The van der Waals surface area contributed by atoms with Gasteiger partial charge in [-0.2, -0.15) is 15.1 Å². The van der Waals surface area contributed by atoms with Crippen LogP contribution in [-0.2, 0) is 14.4 Å². The zero-order valence-corrected chi connectivity index (χ0v) is 47.5. The Balaban J connectivity index is 0.000000430. The summed E-state index contributed by atoms with van der Waals surface area (Å²) >= 11 is 0. The molecule has 6 N–H and O–H groups in total. The molecule has 2 aromatic carbocycles. The summed E-state index contributed by atoms with van der Waals surface area (Å²) in [6.07, 6.45) is 1.52. The Kier molecular flexibility index (Phi) is 28.0. The van der Waals surface area contributed by atoms with Crippen molar-refractivity contribution >= 4 is 23.4 Å². The molecule has 0 amide bonds. The number of amidine groups is 3. The Labute approximate surface area is 443 Å². The number of halogens is 1. The van der Waals surface area contributed by atoms with E-state index >= 15 is 0 Å². The minimum absolute atomic E-state index is 0.0507. The predicted molar refractivity (Wildman–Crippen MR) is 298 cm³/mol. The smallest absolute Gasteiger partial charge is 0.267 e. The normalized spacial score (nSPS) is 14.1. The fourth-order valence-corrected chi connectivity index (χ4v) is 5.73. The molecular formula is C55H84FN11O8. The molecule has 4 aromatic rings. The van der Waals surface area contributed by atoms with Gasteiger partial charge in [-0.05, 0) is 55.9 Å². The molecule has 19 nitrogen and oxygen atoms in total. The number of H-pyrrole nitrogens is 1. The van der Waals surface area contributed by atoms with Crippen LogP contribution in [0.1, 0.15) is 168 Å². The Hall–Kier alpha value is -7.38. The topological polar surface area (TPSA) is 255 Å². The quantitative estimate of drug-likeness (QED) is 0.0898. The first-order chi connectivity index (χ1) is 34.9. The third kappa shape index (κ3) is 23.2. The van der Waals surface area contributed by atoms with Crippen LogP contribution in [0.3, 0.4) is 0 Å². The number of rotatable bonds is 8. The van der Waals surface area contributed by atoms with Gasteiger partial charge in [-0.25, -0.2) is 25.3 Å². The summed E-state index contributed by atoms with van der Waals surface area (Å²) in [6.45, 7) is 51.5. The molecule has 6 heterocycles. The monoisotopic (exact) mass is 1050 g/mol. The van der Waals surface area contributed by atoms with Crippen molar-refractivity contribution in [1.82, 2.24) is 36.6 Å². The lowest BCUT2D eigenvalue weighted by molar-refractivity contribution is 0.176. The van der Waals surface area contributed by atoms with E-state index in [2.05, 4.69) is 138 Å². The molecule has 2 aromatic heterocycles. The van der Waals surface area contributed by atoms with Crippen molar-refractivity contribution in [3.05, 3.63) is 134 Å². The van der Waals surface area contributed by atoms with Gasteiger partial charge >= 0.3 is 0 Å². The molecule has 0 fully saturated rings. The first-order valence-corrected chi connectivity index (χ1v) is 25.0. The van der Waals surface area contributed by atoms with Gasteiger partial charge in [-0.15, -0.1) is 0 Å². The van der Waals surface area contributed by atoms with E-state index in [1.807, 2.05) is 54.5 Å². The standard InChI is InChI=1S/C10H13FO.C7H12N2.2C7H11NO.C7H8O3.2C6H10N2O.C5H9N3/c1-6(2)8-5-4-7(3)10(12)9(8)11;2*1-5(2)7-8-4-6(3)9-7;1-5(2)7-4-6(3)9-8-7;1-3(2)4-5(8)7(10)6(4)9;2*1-4(2)6-7-5(3)9-8-6;1-4(2)5-6-3-7-8-5/h4-6,12H,1-3H3;5H,3-4H2,1-2H3,(H,8,9);5H,3-4H2,1-2H3;4-5H,1-3H3;3,8H,1-2H3;2*4H,3H2,1-2H3,(H,7,8);3-4H,1-2H3,(H,6,7,8). The molecule has 0 aliphatic carbocycles. The van der Waals surface area contributed by atoms with Crippen LogP contribution in [0.5, 0.6) is 11.5 Å². The summed E-state index contributed by atoms with van der Waals surface area (Å²) in [5.74, 6) is 8.66. The molecule has 0 bridgehead atoms. The van der Waals surface area contributed by atoms with E-state index in [0.717, 1.165) is 58.7 Å². The van der Waals surface area contributed by atoms with Crippen LogP contribution in [0, 0.1) is 43.3 Å². The summed E-state index contributed by atoms with van der Waals surface area (Å²) in [4.78, 5) is 50.9. The number of aromatic amines is 1. The van der Waals surface area contributed by atoms with Gasteiger partial charge in [-0.1, -0.05) is 141 Å². The fraction of sp³-hybridized carbons (Fsp3) is 0.509. The second-order valence-corrected chi connectivity index (χ2v) is 19.9. The molecule has 4 aliphatic rings. The second-order valence-electron chi connectivity index (χ2n) is 19.9. The maximum absolute atomic E-state index is 13.3. The molecule has 0 saturated heterocycles. The predicted octanol–water partition coefficient (Wildman–Crippen LogP) is 10.9. The zero-order chi connectivity index (χ0) is 57.4. The van der Waals surface area contributed by atoms with Crippen LogP contribution in [0.25, 0.3) is 0 Å². The van der Waals surface area contributed by atoms with Crippen molar-refractivity contribution in [2.75, 3.05) is 13.1 Å². The highest BCUT2D eigenvalue weighted by Gasteiger charge is 2.22. The molecule has 0 saturated carbocycles. The summed E-state index contributed by atoms with van der Waals surface area (Å²) < 4.78 is 23.3. The van der Waals surface area contributed by atoms with Crippen molar-refractivity contribution < 1.29 is 33.5 Å². The molecule has 0 atom stereocenters. The van der Waals surface area contributed by atoms with Crippen LogP contribution in [0.4, 0.5) is 4.39 Å². The number of hydroxylamine groups is 2. The largest absolute Gasteiger partial charge is 0.505 e. The van der Waals surface area contributed by atoms with Gasteiger partial charge in [-0.3, -0.25) is 19.7 Å². The number of aryl methyl sites for hydroxylation is 2. The molecule has 0 radical (unpaired) electrons. The van der Waals surface area contributed by atoms with Crippen LogP contribution in [0.15, 0.2) is 108 Å². The lowest BCUT2D eigenvalue weighted by Crippen LogP contribution is -2.34. The minimum atomic E-state index is -0.747. The first-order valence-electron chi connectivity index (χ1n) is 25.0. The zero-order valence-electron chi connectivity index (χ0n) is 47.5. The minimum Gasteiger partial charge on any atom is -0.505 e. The lowest BCUT2D eigenvalue weighted by Gasteiger charge is -2.09. The second kappa shape index (κ2) is 32.0. The van der Waals surface area contributed by atoms with E-state index in [1.165, 1.54) is 6.33 Å². The van der Waals surface area contributed by atoms with Crippen LogP contribution in [-0.4, -0.2) is 67.0 Å². The van der Waals surface area contributed by atoms with E-state index in [1.54, 1.807) is 32.9 Å². The number of phenolic OH excluding ortho intramolecular Hbond substituents is 1. The van der Waals surface area contributed by atoms with E-state index < -0.39 is 16.7 Å². The number of benzene rings is 1. The molecule has 4 aliphatic heterocycles. The molecule has 75 heavy (non-hydrogen) atoms. The number of aliphatic imine (C=N–C) groups is 4. The van der Waals surface area contributed by atoms with E-state index in [9.17, 15) is 19.1 Å². The number of nitrogens with zero attached hydrogens (tertiary/aromatic N) is 7. The third-order valence-electron chi connectivity index (χ3n) is 10.3. The third-order valence-corrected chi connectivity index (χ3v) is 10.3. The summed E-state index contributed by atoms with van der Waals surface area (Å²) in [5.41, 5.74) is 7.50. The van der Waals surface area contributed by atoms with Gasteiger partial charge < -0.3 is 34.5 Å². The number of hydrogen-bond donors (Lipinski definition) is 6. The Morgan fingerprint density at radius 2 is 1.19 bits per heavy atom. The van der Waals surface area contributed by atoms with E-state index in [4.69, 9.17) is 24.0 Å².